The van der Waals surface area contributed by atoms with Gasteiger partial charge < -0.3 is 9.47 Å². The first-order valence-electron chi connectivity index (χ1n) is 8.23. The van der Waals surface area contributed by atoms with Crippen LogP contribution in [0.3, 0.4) is 0 Å². The van der Waals surface area contributed by atoms with Crippen molar-refractivity contribution in [2.75, 3.05) is 18.5 Å². The molecule has 3 aromatic rings. The molecule has 1 aromatic heterocycles. The summed E-state index contributed by atoms with van der Waals surface area (Å²) in [5.74, 6) is -1.48. The summed E-state index contributed by atoms with van der Waals surface area (Å²) in [6.45, 7) is 0.271. The highest BCUT2D eigenvalue weighted by atomic mass is 32.2. The fourth-order valence-corrected chi connectivity index (χ4v) is 3.44. The average molecular weight is 406 g/mol. The van der Waals surface area contributed by atoms with Crippen LogP contribution in [0.1, 0.15) is 5.56 Å². The second-order valence-corrected chi connectivity index (χ2v) is 6.75. The Hall–Kier alpha value is -2.87. The highest BCUT2D eigenvalue weighted by Gasteiger charge is 2.18. The highest BCUT2D eigenvalue weighted by molar-refractivity contribution is 8.00. The third-order valence-corrected chi connectivity index (χ3v) is 4.94. The van der Waals surface area contributed by atoms with Crippen LogP contribution < -0.4 is 13.8 Å². The smallest absolute Gasteiger partial charge is 0.161 e. The third kappa shape index (κ3) is 4.51. The summed E-state index contributed by atoms with van der Waals surface area (Å²) in [4.78, 5) is 4.22. The molecule has 4 nitrogen and oxygen atoms in total. The molecule has 146 valence electrons. The van der Waals surface area contributed by atoms with Gasteiger partial charge in [-0.3, -0.25) is 4.31 Å². The molecule has 0 saturated carbocycles. The Morgan fingerprint density at radius 2 is 1.71 bits per heavy atom. The second-order valence-electron chi connectivity index (χ2n) is 5.69. The van der Waals surface area contributed by atoms with Crippen LogP contribution in [0.2, 0.25) is 0 Å². The van der Waals surface area contributed by atoms with E-state index in [0.29, 0.717) is 23.4 Å². The van der Waals surface area contributed by atoms with E-state index in [1.54, 1.807) is 47.9 Å². The van der Waals surface area contributed by atoms with Gasteiger partial charge in [0.2, 0.25) is 0 Å². The van der Waals surface area contributed by atoms with Crippen LogP contribution in [0.15, 0.2) is 59.6 Å². The lowest BCUT2D eigenvalue weighted by atomic mass is 10.2. The number of aromatic nitrogens is 1. The number of benzene rings is 2. The Bertz CT molecular complexity index is 958. The highest BCUT2D eigenvalue weighted by Crippen LogP contribution is 2.34. The number of hydrogen-bond donors (Lipinski definition) is 0. The maximum atomic E-state index is 14.2. The van der Waals surface area contributed by atoms with E-state index in [1.807, 2.05) is 6.07 Å². The van der Waals surface area contributed by atoms with Crippen molar-refractivity contribution in [2.45, 2.75) is 11.4 Å². The molecule has 0 bridgehead atoms. The number of hydrogen-bond acceptors (Lipinski definition) is 5. The van der Waals surface area contributed by atoms with E-state index in [4.69, 9.17) is 9.47 Å². The molecule has 0 fully saturated rings. The van der Waals surface area contributed by atoms with Gasteiger partial charge >= 0.3 is 0 Å². The number of rotatable bonds is 7. The molecule has 3 rings (SSSR count). The van der Waals surface area contributed by atoms with Crippen LogP contribution >= 0.6 is 11.9 Å². The molecule has 0 N–H and O–H groups in total. The number of nitrogens with zero attached hydrogens (tertiary/aromatic N) is 2. The number of pyridine rings is 1. The van der Waals surface area contributed by atoms with E-state index < -0.39 is 17.5 Å². The van der Waals surface area contributed by atoms with Gasteiger partial charge in [-0.25, -0.2) is 18.2 Å². The fourth-order valence-electron chi connectivity index (χ4n) is 2.49. The Balaban J connectivity index is 1.96. The molecule has 0 aliphatic heterocycles. The molecule has 1 heterocycles. The van der Waals surface area contributed by atoms with Crippen molar-refractivity contribution in [1.82, 2.24) is 4.98 Å². The predicted octanol–water partition coefficient (Wildman–Crippen LogP) is 5.23. The number of anilines is 1. The van der Waals surface area contributed by atoms with Crippen molar-refractivity contribution in [3.63, 3.8) is 0 Å². The molecular formula is C20H17F3N2O2S. The van der Waals surface area contributed by atoms with Gasteiger partial charge in [-0.05, 0) is 42.3 Å². The zero-order valence-corrected chi connectivity index (χ0v) is 16.0. The molecule has 0 aliphatic carbocycles. The lowest BCUT2D eigenvalue weighted by Gasteiger charge is -2.23. The maximum absolute atomic E-state index is 14.2. The lowest BCUT2D eigenvalue weighted by molar-refractivity contribution is 0.391. The van der Waals surface area contributed by atoms with Gasteiger partial charge in [0.1, 0.15) is 23.1 Å². The van der Waals surface area contributed by atoms with Crippen molar-refractivity contribution < 1.29 is 22.6 Å². The molecule has 0 atom stereocenters. The van der Waals surface area contributed by atoms with E-state index >= 15 is 0 Å². The van der Waals surface area contributed by atoms with Gasteiger partial charge in [0.25, 0.3) is 0 Å². The van der Waals surface area contributed by atoms with E-state index in [1.165, 1.54) is 7.11 Å². The number of ether oxygens (including phenoxy) is 2. The number of methoxy groups -OCH3 is 2. The third-order valence-electron chi connectivity index (χ3n) is 3.90. The molecule has 0 unspecified atom stereocenters. The summed E-state index contributed by atoms with van der Waals surface area (Å²) < 4.78 is 53.3. The first kappa shape index (κ1) is 19.9. The Morgan fingerprint density at radius 3 is 2.39 bits per heavy atom. The van der Waals surface area contributed by atoms with E-state index in [0.717, 1.165) is 23.6 Å². The monoisotopic (exact) mass is 406 g/mol. The summed E-state index contributed by atoms with van der Waals surface area (Å²) in [7, 11) is 3.09. The van der Waals surface area contributed by atoms with Gasteiger partial charge in [-0.2, -0.15) is 0 Å². The molecule has 0 aliphatic rings. The topological polar surface area (TPSA) is 34.6 Å². The molecule has 0 amide bonds. The van der Waals surface area contributed by atoms with Crippen LogP contribution in [0, 0.1) is 17.5 Å². The first-order chi connectivity index (χ1) is 13.5. The minimum atomic E-state index is -1.23. The second kappa shape index (κ2) is 8.88. The maximum Gasteiger partial charge on any atom is 0.161 e. The van der Waals surface area contributed by atoms with Crippen molar-refractivity contribution in [3.05, 3.63) is 77.7 Å². The van der Waals surface area contributed by atoms with Crippen molar-refractivity contribution in [3.8, 4) is 11.5 Å². The van der Waals surface area contributed by atoms with Crippen molar-refractivity contribution >= 4 is 17.8 Å². The van der Waals surface area contributed by atoms with E-state index in [9.17, 15) is 13.2 Å². The molecule has 8 heteroatoms. The molecular weight excluding hydrogens is 389 g/mol. The Morgan fingerprint density at radius 1 is 0.929 bits per heavy atom. The summed E-state index contributed by atoms with van der Waals surface area (Å²) in [6.07, 6.45) is 1.59. The quantitative estimate of drug-likeness (QED) is 0.397. The molecule has 0 saturated heterocycles. The Kier molecular flexibility index (Phi) is 6.30. The van der Waals surface area contributed by atoms with Crippen LogP contribution in [0.25, 0.3) is 0 Å². The van der Waals surface area contributed by atoms with Crippen LogP contribution in [0.5, 0.6) is 11.5 Å². The van der Waals surface area contributed by atoms with Crippen LogP contribution in [0.4, 0.5) is 19.0 Å². The lowest BCUT2D eigenvalue weighted by Crippen LogP contribution is -2.16. The fraction of sp³-hybridized carbons (Fsp3) is 0.150. The van der Waals surface area contributed by atoms with Crippen molar-refractivity contribution in [1.29, 1.82) is 0 Å². The average Bonchev–Trinajstić information content (AvgIpc) is 2.72. The molecule has 2 aromatic carbocycles. The minimum absolute atomic E-state index is 0.0583. The zero-order chi connectivity index (χ0) is 20.1. The van der Waals surface area contributed by atoms with Gasteiger partial charge in [0.05, 0.1) is 25.7 Å². The predicted molar refractivity (Wildman–Crippen MR) is 102 cm³/mol. The minimum Gasteiger partial charge on any atom is -0.497 e. The molecule has 0 radical (unpaired) electrons. The summed E-state index contributed by atoms with van der Waals surface area (Å²) in [5.41, 5.74) is 0.782. The summed E-state index contributed by atoms with van der Waals surface area (Å²) in [5, 5.41) is 0. The van der Waals surface area contributed by atoms with Gasteiger partial charge in [-0.1, -0.05) is 6.07 Å². The van der Waals surface area contributed by atoms with Crippen LogP contribution in [-0.4, -0.2) is 19.2 Å². The molecule has 28 heavy (non-hydrogen) atoms. The largest absolute Gasteiger partial charge is 0.497 e. The first-order valence-corrected chi connectivity index (χ1v) is 9.01. The normalized spacial score (nSPS) is 10.6. The molecule has 0 spiro atoms. The SMILES string of the molecule is COc1ccc(CN(Sc2cc(F)c(F)cc2F)c2ccccn2)c(OC)c1. The van der Waals surface area contributed by atoms with E-state index in [-0.39, 0.29) is 11.4 Å². The van der Waals surface area contributed by atoms with Gasteiger partial charge in [0, 0.05) is 23.9 Å². The summed E-state index contributed by atoms with van der Waals surface area (Å²) in [6, 6.07) is 11.9. The summed E-state index contributed by atoms with van der Waals surface area (Å²) >= 11 is 0.918. The van der Waals surface area contributed by atoms with Crippen molar-refractivity contribution in [2.24, 2.45) is 0 Å². The van der Waals surface area contributed by atoms with Gasteiger partial charge in [-0.15, -0.1) is 0 Å². The zero-order valence-electron chi connectivity index (χ0n) is 15.2. The van der Waals surface area contributed by atoms with Crippen LogP contribution in [-0.2, 0) is 6.54 Å². The Labute approximate surface area is 165 Å². The number of halogens is 3. The van der Waals surface area contributed by atoms with Gasteiger partial charge in [0.15, 0.2) is 11.6 Å². The standard InChI is InChI=1S/C20H17F3N2O2S/c1-26-14-7-6-13(18(9-14)27-2)12-25(20-5-3-4-8-24-20)28-19-11-16(22)15(21)10-17(19)23/h3-11H,12H2,1-2H3. The van der Waals surface area contributed by atoms with E-state index in [2.05, 4.69) is 4.98 Å².